The summed E-state index contributed by atoms with van der Waals surface area (Å²) in [5.41, 5.74) is -0.120. The third-order valence-electron chi connectivity index (χ3n) is 2.57. The first-order valence-corrected chi connectivity index (χ1v) is 6.14. The lowest BCUT2D eigenvalue weighted by molar-refractivity contribution is -0.139. The zero-order valence-electron chi connectivity index (χ0n) is 9.91. The molecule has 7 heteroatoms. The van der Waals surface area contributed by atoms with E-state index in [1.807, 2.05) is 0 Å². The van der Waals surface area contributed by atoms with E-state index in [-0.39, 0.29) is 12.4 Å². The maximum Gasteiger partial charge on any atom is 0.419 e. The van der Waals surface area contributed by atoms with Crippen LogP contribution in [0.5, 0.6) is 5.75 Å². The molecule has 1 aromatic carbocycles. The molecule has 19 heavy (non-hydrogen) atoms. The van der Waals surface area contributed by atoms with Crippen LogP contribution < -0.4 is 4.74 Å². The van der Waals surface area contributed by atoms with Crippen LogP contribution in [0.15, 0.2) is 34.9 Å². The van der Waals surface area contributed by atoms with Gasteiger partial charge >= 0.3 is 6.18 Å². The summed E-state index contributed by atoms with van der Waals surface area (Å²) in [6, 6.07) is 5.12. The molecule has 0 aliphatic rings. The van der Waals surface area contributed by atoms with Crippen molar-refractivity contribution in [3.63, 3.8) is 0 Å². The molecular formula is C12H10BrF3N2O. The minimum atomic E-state index is -4.43. The molecule has 0 aliphatic carbocycles. The molecule has 1 heterocycles. The third kappa shape index (κ3) is 3.09. The molecule has 0 atom stereocenters. The van der Waals surface area contributed by atoms with E-state index in [0.717, 1.165) is 6.07 Å². The number of para-hydroxylation sites is 1. The third-order valence-corrected chi connectivity index (χ3v) is 3.23. The lowest BCUT2D eigenvalue weighted by Crippen LogP contribution is -2.10. The topological polar surface area (TPSA) is 27.1 Å². The number of ether oxygens (including phenoxy) is 1. The van der Waals surface area contributed by atoms with E-state index >= 15 is 0 Å². The van der Waals surface area contributed by atoms with Crippen molar-refractivity contribution in [2.45, 2.75) is 12.8 Å². The average molecular weight is 335 g/mol. The van der Waals surface area contributed by atoms with Gasteiger partial charge in [0.15, 0.2) is 0 Å². The summed E-state index contributed by atoms with van der Waals surface area (Å²) in [6.07, 6.45) is -2.87. The molecular weight excluding hydrogens is 325 g/mol. The van der Waals surface area contributed by atoms with E-state index < -0.39 is 11.7 Å². The molecule has 0 amide bonds. The molecule has 102 valence electrons. The molecule has 0 bridgehead atoms. The number of nitrogens with zero attached hydrogens (tertiary/aromatic N) is 2. The van der Waals surface area contributed by atoms with Gasteiger partial charge in [-0.25, -0.2) is 0 Å². The van der Waals surface area contributed by atoms with Crippen LogP contribution in [0.25, 0.3) is 0 Å². The zero-order chi connectivity index (χ0) is 14.0. The van der Waals surface area contributed by atoms with Gasteiger partial charge in [0.05, 0.1) is 21.9 Å². The summed E-state index contributed by atoms with van der Waals surface area (Å²) in [6.45, 7) is 0.00414. The van der Waals surface area contributed by atoms with Crippen molar-refractivity contribution in [2.24, 2.45) is 7.05 Å². The first-order valence-electron chi connectivity index (χ1n) is 5.35. The second-order valence-corrected chi connectivity index (χ2v) is 4.70. The van der Waals surface area contributed by atoms with Gasteiger partial charge in [-0.05, 0) is 28.1 Å². The lowest BCUT2D eigenvalue weighted by atomic mass is 10.2. The fourth-order valence-corrected chi connectivity index (χ4v) is 2.03. The quantitative estimate of drug-likeness (QED) is 0.854. The Hall–Kier alpha value is -1.50. The maximum atomic E-state index is 12.8. The van der Waals surface area contributed by atoms with E-state index in [1.54, 1.807) is 17.9 Å². The van der Waals surface area contributed by atoms with Gasteiger partial charge in [0.1, 0.15) is 12.4 Å². The van der Waals surface area contributed by atoms with Gasteiger partial charge in [-0.1, -0.05) is 12.1 Å². The van der Waals surface area contributed by atoms with Crippen LogP contribution in [0.1, 0.15) is 11.3 Å². The van der Waals surface area contributed by atoms with Gasteiger partial charge in [-0.15, -0.1) is 0 Å². The Kier molecular flexibility index (Phi) is 3.84. The van der Waals surface area contributed by atoms with Gasteiger partial charge in [0, 0.05) is 7.05 Å². The Morgan fingerprint density at radius 2 is 2.00 bits per heavy atom. The van der Waals surface area contributed by atoms with E-state index in [1.165, 1.54) is 18.2 Å². The van der Waals surface area contributed by atoms with Crippen LogP contribution in [0, 0.1) is 0 Å². The molecule has 0 radical (unpaired) electrons. The largest absolute Gasteiger partial charge is 0.487 e. The Morgan fingerprint density at radius 1 is 1.32 bits per heavy atom. The van der Waals surface area contributed by atoms with Gasteiger partial charge in [0.2, 0.25) is 0 Å². The lowest BCUT2D eigenvalue weighted by Gasteiger charge is -2.13. The van der Waals surface area contributed by atoms with Gasteiger partial charge in [-0.2, -0.15) is 18.3 Å². The maximum absolute atomic E-state index is 12.8. The summed E-state index contributed by atoms with van der Waals surface area (Å²) in [7, 11) is 1.69. The Balaban J connectivity index is 2.21. The second kappa shape index (κ2) is 5.24. The van der Waals surface area contributed by atoms with E-state index in [9.17, 15) is 13.2 Å². The number of rotatable bonds is 3. The predicted octanol–water partition coefficient (Wildman–Crippen LogP) is 3.78. The van der Waals surface area contributed by atoms with Crippen molar-refractivity contribution in [1.29, 1.82) is 0 Å². The molecule has 0 saturated carbocycles. The van der Waals surface area contributed by atoms with Crippen molar-refractivity contribution < 1.29 is 17.9 Å². The van der Waals surface area contributed by atoms with E-state index in [4.69, 9.17) is 4.74 Å². The standard InChI is InChI=1S/C12H10BrF3N2O/c1-18-10(9(13)6-17-18)7-19-11-5-3-2-4-8(11)12(14,15)16/h2-6H,7H2,1H3. The van der Waals surface area contributed by atoms with Crippen LogP contribution >= 0.6 is 15.9 Å². The highest BCUT2D eigenvalue weighted by Crippen LogP contribution is 2.36. The molecule has 1 aromatic heterocycles. The van der Waals surface area contributed by atoms with E-state index in [0.29, 0.717) is 10.2 Å². The molecule has 0 N–H and O–H groups in total. The van der Waals surface area contributed by atoms with Gasteiger partial charge in [0.25, 0.3) is 0 Å². The Bertz CT molecular complexity index is 561. The fraction of sp³-hybridized carbons (Fsp3) is 0.250. The van der Waals surface area contributed by atoms with Gasteiger partial charge < -0.3 is 4.74 Å². The highest BCUT2D eigenvalue weighted by molar-refractivity contribution is 9.10. The highest BCUT2D eigenvalue weighted by atomic mass is 79.9. The van der Waals surface area contributed by atoms with Crippen molar-refractivity contribution in [1.82, 2.24) is 9.78 Å². The van der Waals surface area contributed by atoms with Crippen LogP contribution in [0.3, 0.4) is 0 Å². The number of hydrogen-bond donors (Lipinski definition) is 0. The number of benzene rings is 1. The molecule has 2 rings (SSSR count). The monoisotopic (exact) mass is 334 g/mol. The first-order chi connectivity index (χ1) is 8.89. The fourth-order valence-electron chi connectivity index (χ4n) is 1.57. The SMILES string of the molecule is Cn1ncc(Br)c1COc1ccccc1C(F)(F)F. The minimum absolute atomic E-state index is 0.00414. The van der Waals surface area contributed by atoms with Crippen molar-refractivity contribution in [3.8, 4) is 5.75 Å². The van der Waals surface area contributed by atoms with Crippen LogP contribution in [0.4, 0.5) is 13.2 Å². The summed E-state index contributed by atoms with van der Waals surface area (Å²) < 4.78 is 45.8. The molecule has 0 fully saturated rings. The smallest absolute Gasteiger partial charge is 0.419 e. The molecule has 0 aliphatic heterocycles. The van der Waals surface area contributed by atoms with E-state index in [2.05, 4.69) is 21.0 Å². The number of alkyl halides is 3. The van der Waals surface area contributed by atoms with Crippen LogP contribution in [0.2, 0.25) is 0 Å². The molecule has 0 unspecified atom stereocenters. The van der Waals surface area contributed by atoms with Crippen LogP contribution in [-0.2, 0) is 19.8 Å². The normalized spacial score (nSPS) is 11.6. The van der Waals surface area contributed by atoms with Crippen molar-refractivity contribution in [3.05, 3.63) is 46.2 Å². The number of halogens is 4. The molecule has 3 nitrogen and oxygen atoms in total. The highest BCUT2D eigenvalue weighted by Gasteiger charge is 2.34. The first kappa shape index (κ1) is 13.9. The molecule has 0 saturated heterocycles. The predicted molar refractivity (Wildman–Crippen MR) is 66.7 cm³/mol. The molecule has 2 aromatic rings. The van der Waals surface area contributed by atoms with Crippen molar-refractivity contribution >= 4 is 15.9 Å². The summed E-state index contributed by atoms with van der Waals surface area (Å²) >= 11 is 3.26. The molecule has 0 spiro atoms. The number of aryl methyl sites for hydroxylation is 1. The summed E-state index contributed by atoms with van der Waals surface area (Å²) in [5.74, 6) is -0.192. The zero-order valence-corrected chi connectivity index (χ0v) is 11.5. The summed E-state index contributed by atoms with van der Waals surface area (Å²) in [5, 5.41) is 3.97. The minimum Gasteiger partial charge on any atom is -0.487 e. The number of aromatic nitrogens is 2. The second-order valence-electron chi connectivity index (χ2n) is 3.85. The Labute approximate surface area is 116 Å². The average Bonchev–Trinajstić information content (AvgIpc) is 2.66. The summed E-state index contributed by atoms with van der Waals surface area (Å²) in [4.78, 5) is 0. The van der Waals surface area contributed by atoms with Gasteiger partial charge in [-0.3, -0.25) is 4.68 Å². The Morgan fingerprint density at radius 3 is 2.58 bits per heavy atom. The van der Waals surface area contributed by atoms with Crippen LogP contribution in [-0.4, -0.2) is 9.78 Å². The van der Waals surface area contributed by atoms with Crippen molar-refractivity contribution in [2.75, 3.05) is 0 Å². The number of hydrogen-bond acceptors (Lipinski definition) is 2.